The number of carbonyl (C=O) groups excluding carboxylic acids is 1. The molecule has 0 spiro atoms. The van der Waals surface area contributed by atoms with Crippen LogP contribution in [0.15, 0.2) is 18.2 Å². The number of phenolic OH excluding ortho intramolecular Hbond substituents is 1. The van der Waals surface area contributed by atoms with E-state index in [1.165, 1.54) is 12.1 Å². The van der Waals surface area contributed by atoms with E-state index in [0.29, 0.717) is 18.4 Å². The largest absolute Gasteiger partial charge is 0.505 e. The van der Waals surface area contributed by atoms with E-state index in [1.54, 1.807) is 6.07 Å². The highest BCUT2D eigenvalue weighted by atomic mass is 19.1. The van der Waals surface area contributed by atoms with Crippen molar-refractivity contribution in [3.8, 4) is 5.75 Å². The maximum Gasteiger partial charge on any atom is 0.223 e. The highest BCUT2D eigenvalue weighted by Gasteiger charge is 2.27. The van der Waals surface area contributed by atoms with Crippen LogP contribution in [0.3, 0.4) is 0 Å². The lowest BCUT2D eigenvalue weighted by Crippen LogP contribution is -2.36. The normalized spacial score (nSPS) is 11.4. The Bertz CT molecular complexity index is 471. The van der Waals surface area contributed by atoms with Crippen molar-refractivity contribution in [3.63, 3.8) is 0 Å². The quantitative estimate of drug-likeness (QED) is 0.691. The van der Waals surface area contributed by atoms with Gasteiger partial charge in [0.1, 0.15) is 0 Å². The molecule has 0 heterocycles. The number of carbonyl (C=O) groups is 1. The van der Waals surface area contributed by atoms with E-state index in [4.69, 9.17) is 5.11 Å². The van der Waals surface area contributed by atoms with Gasteiger partial charge in [-0.25, -0.2) is 4.39 Å². The predicted molar refractivity (Wildman–Crippen MR) is 79.3 cm³/mol. The lowest BCUT2D eigenvalue weighted by molar-refractivity contribution is -0.126. The molecule has 0 fully saturated rings. The number of phenols is 1. The third-order valence-corrected chi connectivity index (χ3v) is 3.42. The van der Waals surface area contributed by atoms with Crippen molar-refractivity contribution < 1.29 is 19.4 Å². The molecule has 0 aliphatic rings. The summed E-state index contributed by atoms with van der Waals surface area (Å²) < 4.78 is 13.2. The van der Waals surface area contributed by atoms with E-state index < -0.39 is 17.2 Å². The standard InChI is InChI=1S/C16H24FNO3/c1-3-7-16(21,8-4-2)10-15(20)18-11-12-5-6-14(19)13(17)9-12/h5-6,9,19,21H,3-4,7-8,10-11H2,1-2H3,(H,18,20). The van der Waals surface area contributed by atoms with Crippen LogP contribution in [0.25, 0.3) is 0 Å². The lowest BCUT2D eigenvalue weighted by Gasteiger charge is -2.26. The Morgan fingerprint density at radius 2 is 1.90 bits per heavy atom. The van der Waals surface area contributed by atoms with E-state index in [1.807, 2.05) is 13.8 Å². The number of hydrogen-bond acceptors (Lipinski definition) is 3. The fraction of sp³-hybridized carbons (Fsp3) is 0.562. The molecule has 0 unspecified atom stereocenters. The Labute approximate surface area is 125 Å². The molecule has 118 valence electrons. The average molecular weight is 297 g/mol. The number of rotatable bonds is 8. The van der Waals surface area contributed by atoms with Gasteiger partial charge in [-0.1, -0.05) is 32.8 Å². The summed E-state index contributed by atoms with van der Waals surface area (Å²) in [5, 5.41) is 22.2. The molecule has 0 saturated heterocycles. The first-order chi connectivity index (χ1) is 9.90. The van der Waals surface area contributed by atoms with Crippen molar-refractivity contribution in [2.75, 3.05) is 0 Å². The molecular formula is C16H24FNO3. The topological polar surface area (TPSA) is 69.6 Å². The Hall–Kier alpha value is -1.62. The third-order valence-electron chi connectivity index (χ3n) is 3.42. The van der Waals surface area contributed by atoms with E-state index in [-0.39, 0.29) is 18.9 Å². The fourth-order valence-electron chi connectivity index (χ4n) is 2.45. The molecule has 1 amide bonds. The smallest absolute Gasteiger partial charge is 0.223 e. The Morgan fingerprint density at radius 1 is 1.29 bits per heavy atom. The molecule has 0 radical (unpaired) electrons. The summed E-state index contributed by atoms with van der Waals surface area (Å²) >= 11 is 0. The molecule has 21 heavy (non-hydrogen) atoms. The maximum absolute atomic E-state index is 13.2. The molecule has 3 N–H and O–H groups in total. The van der Waals surface area contributed by atoms with Crippen LogP contribution in [0.5, 0.6) is 5.75 Å². The number of amides is 1. The van der Waals surface area contributed by atoms with E-state index >= 15 is 0 Å². The summed E-state index contributed by atoms with van der Waals surface area (Å²) in [5.74, 6) is -1.38. The van der Waals surface area contributed by atoms with Crippen LogP contribution in [0, 0.1) is 5.82 Å². The van der Waals surface area contributed by atoms with Crippen LogP contribution in [0.1, 0.15) is 51.5 Å². The second-order valence-corrected chi connectivity index (χ2v) is 5.46. The molecule has 5 heteroatoms. The molecule has 1 aromatic carbocycles. The van der Waals surface area contributed by atoms with E-state index in [2.05, 4.69) is 5.32 Å². The van der Waals surface area contributed by atoms with Gasteiger partial charge in [-0.15, -0.1) is 0 Å². The summed E-state index contributed by atoms with van der Waals surface area (Å²) in [6.07, 6.45) is 2.85. The number of halogens is 1. The van der Waals surface area contributed by atoms with Gasteiger partial charge in [0.15, 0.2) is 11.6 Å². The third kappa shape index (κ3) is 5.71. The van der Waals surface area contributed by atoms with Crippen LogP contribution in [-0.2, 0) is 11.3 Å². The molecular weight excluding hydrogens is 273 g/mol. The summed E-state index contributed by atoms with van der Waals surface area (Å²) in [5.41, 5.74) is -0.401. The highest BCUT2D eigenvalue weighted by Crippen LogP contribution is 2.23. The SMILES string of the molecule is CCCC(O)(CCC)CC(=O)NCc1ccc(O)c(F)c1. The van der Waals surface area contributed by atoms with Crippen molar-refractivity contribution in [1.29, 1.82) is 0 Å². The zero-order chi connectivity index (χ0) is 15.9. The molecule has 0 aromatic heterocycles. The van der Waals surface area contributed by atoms with E-state index in [0.717, 1.165) is 12.8 Å². The maximum atomic E-state index is 13.2. The molecule has 1 aromatic rings. The molecule has 0 aliphatic heterocycles. The van der Waals surface area contributed by atoms with Gasteiger partial charge in [0.05, 0.1) is 12.0 Å². The van der Waals surface area contributed by atoms with Crippen LogP contribution >= 0.6 is 0 Å². The zero-order valence-corrected chi connectivity index (χ0v) is 12.7. The van der Waals surface area contributed by atoms with Crippen molar-refractivity contribution in [1.82, 2.24) is 5.32 Å². The highest BCUT2D eigenvalue weighted by molar-refractivity contribution is 5.77. The van der Waals surface area contributed by atoms with Gasteiger partial charge >= 0.3 is 0 Å². The van der Waals surface area contributed by atoms with Gasteiger partial charge in [-0.05, 0) is 30.5 Å². The van der Waals surface area contributed by atoms with Gasteiger partial charge in [-0.2, -0.15) is 0 Å². The predicted octanol–water partition coefficient (Wildman–Crippen LogP) is 2.87. The first-order valence-corrected chi connectivity index (χ1v) is 7.36. The Balaban J connectivity index is 2.54. The van der Waals surface area contributed by atoms with Crippen LogP contribution in [0.4, 0.5) is 4.39 Å². The summed E-state index contributed by atoms with van der Waals surface area (Å²) in [4.78, 5) is 11.9. The monoisotopic (exact) mass is 297 g/mol. The van der Waals surface area contributed by atoms with Crippen LogP contribution < -0.4 is 5.32 Å². The minimum absolute atomic E-state index is 0.0508. The summed E-state index contributed by atoms with van der Waals surface area (Å²) in [7, 11) is 0. The van der Waals surface area contributed by atoms with Crippen molar-refractivity contribution in [3.05, 3.63) is 29.6 Å². The molecule has 1 rings (SSSR count). The van der Waals surface area contributed by atoms with Gasteiger partial charge < -0.3 is 15.5 Å². The molecule has 0 saturated carbocycles. The molecule has 0 atom stereocenters. The zero-order valence-electron chi connectivity index (χ0n) is 12.7. The number of benzene rings is 1. The van der Waals surface area contributed by atoms with Gasteiger partial charge in [-0.3, -0.25) is 4.79 Å². The molecule has 0 bridgehead atoms. The van der Waals surface area contributed by atoms with Crippen LogP contribution in [-0.4, -0.2) is 21.7 Å². The lowest BCUT2D eigenvalue weighted by atomic mass is 9.89. The number of aromatic hydroxyl groups is 1. The summed E-state index contributed by atoms with van der Waals surface area (Å²) in [6, 6.07) is 3.98. The Morgan fingerprint density at radius 3 is 2.43 bits per heavy atom. The van der Waals surface area contributed by atoms with Crippen molar-refractivity contribution in [2.24, 2.45) is 0 Å². The first-order valence-electron chi connectivity index (χ1n) is 7.36. The molecule has 4 nitrogen and oxygen atoms in total. The first kappa shape index (κ1) is 17.4. The minimum atomic E-state index is -0.964. The number of hydrogen-bond donors (Lipinski definition) is 3. The minimum Gasteiger partial charge on any atom is -0.505 e. The van der Waals surface area contributed by atoms with E-state index in [9.17, 15) is 14.3 Å². The van der Waals surface area contributed by atoms with Crippen LogP contribution in [0.2, 0.25) is 0 Å². The van der Waals surface area contributed by atoms with Crippen molar-refractivity contribution in [2.45, 2.75) is 58.1 Å². The van der Waals surface area contributed by atoms with Gasteiger partial charge in [0, 0.05) is 6.54 Å². The fourth-order valence-corrected chi connectivity index (χ4v) is 2.45. The van der Waals surface area contributed by atoms with Gasteiger partial charge in [0.2, 0.25) is 5.91 Å². The van der Waals surface area contributed by atoms with Crippen molar-refractivity contribution >= 4 is 5.91 Å². The second kappa shape index (κ2) is 7.98. The summed E-state index contributed by atoms with van der Waals surface area (Å²) in [6.45, 7) is 4.11. The molecule has 0 aliphatic carbocycles. The second-order valence-electron chi connectivity index (χ2n) is 5.46. The average Bonchev–Trinajstić information content (AvgIpc) is 2.40. The number of nitrogens with one attached hydrogen (secondary N) is 1. The van der Waals surface area contributed by atoms with Gasteiger partial charge in [0.25, 0.3) is 0 Å². The number of aliphatic hydroxyl groups is 1. The Kier molecular flexibility index (Phi) is 6.62.